The molecule has 0 aliphatic carbocycles. The third-order valence-electron chi connectivity index (χ3n) is 7.15. The van der Waals surface area contributed by atoms with Gasteiger partial charge in [-0.3, -0.25) is 9.69 Å². The number of amides is 1. The molecule has 4 aromatic rings. The first-order chi connectivity index (χ1) is 19.5. The molecule has 4 aromatic carbocycles. The number of carbonyl (C=O) groups excluding carboxylic acids is 1. The van der Waals surface area contributed by atoms with E-state index in [1.54, 1.807) is 79.7 Å². The van der Waals surface area contributed by atoms with Gasteiger partial charge in [-0.15, -0.1) is 0 Å². The average molecular weight is 577 g/mol. The highest BCUT2D eigenvalue weighted by Crippen LogP contribution is 2.48. The summed E-state index contributed by atoms with van der Waals surface area (Å²) in [6.45, 7) is 5.51. The minimum atomic E-state index is -4.79. The first-order valence-electron chi connectivity index (χ1n) is 12.9. The minimum absolute atomic E-state index is 0.0820. The maximum Gasteiger partial charge on any atom is 0.416 e. The molecule has 41 heavy (non-hydrogen) atoms. The van der Waals surface area contributed by atoms with Crippen LogP contribution >= 0.6 is 0 Å². The predicted molar refractivity (Wildman–Crippen MR) is 152 cm³/mol. The van der Waals surface area contributed by atoms with Crippen LogP contribution in [-0.2, 0) is 21.0 Å². The van der Waals surface area contributed by atoms with Crippen molar-refractivity contribution in [1.29, 1.82) is 0 Å². The maximum absolute atomic E-state index is 14.5. The Morgan fingerprint density at radius 1 is 0.829 bits per heavy atom. The summed E-state index contributed by atoms with van der Waals surface area (Å²) < 4.78 is 71.9. The predicted octanol–water partition coefficient (Wildman–Crippen LogP) is 7.30. The van der Waals surface area contributed by atoms with Crippen LogP contribution in [0, 0.1) is 12.8 Å². The lowest BCUT2D eigenvalue weighted by molar-refractivity contribution is -0.139. The lowest BCUT2D eigenvalue weighted by atomic mass is 9.87. The van der Waals surface area contributed by atoms with Crippen LogP contribution in [0.2, 0.25) is 0 Å². The lowest BCUT2D eigenvalue weighted by Gasteiger charge is -2.32. The molecule has 1 fully saturated rings. The Morgan fingerprint density at radius 2 is 1.34 bits per heavy atom. The smallest absolute Gasteiger partial charge is 0.280 e. The van der Waals surface area contributed by atoms with Gasteiger partial charge in [-0.1, -0.05) is 78.9 Å². The first kappa shape index (κ1) is 28.3. The summed E-state index contributed by atoms with van der Waals surface area (Å²) in [5.41, 5.74) is 0.674. The van der Waals surface area contributed by atoms with Crippen LogP contribution in [0.3, 0.4) is 0 Å². The second-order valence-corrected chi connectivity index (χ2v) is 11.8. The topological polar surface area (TPSA) is 57.7 Å². The van der Waals surface area contributed by atoms with Gasteiger partial charge >= 0.3 is 6.18 Å². The standard InChI is InChI=1S/C32H27F3N2O3S/c1-22-17-19-26(20-18-22)41(39,40)36-21-23(2)29(30(36)27-15-9-10-16-28(27)32(33,34)35)31(38)37(24-11-5-3-6-12-24)25-13-7-4-8-14-25/h3-20,29-30H,2,21H2,1H3/t29-,30+/m1/s1. The second kappa shape index (κ2) is 11.0. The molecule has 1 aliphatic heterocycles. The van der Waals surface area contributed by atoms with Gasteiger partial charge in [0.1, 0.15) is 0 Å². The zero-order valence-electron chi connectivity index (χ0n) is 22.1. The highest BCUT2D eigenvalue weighted by atomic mass is 32.2. The van der Waals surface area contributed by atoms with Gasteiger partial charge in [0, 0.05) is 17.9 Å². The molecule has 5 nitrogen and oxygen atoms in total. The van der Waals surface area contributed by atoms with Crippen molar-refractivity contribution in [1.82, 2.24) is 4.31 Å². The van der Waals surface area contributed by atoms with Gasteiger partial charge in [0.25, 0.3) is 0 Å². The Balaban J connectivity index is 1.71. The van der Waals surface area contributed by atoms with Gasteiger partial charge in [0.15, 0.2) is 0 Å². The largest absolute Gasteiger partial charge is 0.416 e. The molecule has 2 atom stereocenters. The summed E-state index contributed by atoms with van der Waals surface area (Å²) in [5.74, 6) is -1.89. The molecule has 0 aromatic heterocycles. The fraction of sp³-hybridized carbons (Fsp3) is 0.156. The molecule has 0 saturated carbocycles. The summed E-state index contributed by atoms with van der Waals surface area (Å²) in [6.07, 6.45) is -4.79. The number of para-hydroxylation sites is 2. The Kier molecular flexibility index (Phi) is 7.59. The van der Waals surface area contributed by atoms with Gasteiger partial charge in [-0.05, 0) is 60.5 Å². The van der Waals surface area contributed by atoms with Crippen molar-refractivity contribution >= 4 is 27.3 Å². The number of hydrogen-bond acceptors (Lipinski definition) is 3. The third kappa shape index (κ3) is 5.42. The Labute approximate surface area is 237 Å². The fourth-order valence-corrected chi connectivity index (χ4v) is 6.84. The highest BCUT2D eigenvalue weighted by molar-refractivity contribution is 7.89. The van der Waals surface area contributed by atoms with Crippen LogP contribution in [0.1, 0.15) is 22.7 Å². The Hall–Kier alpha value is -4.21. The molecule has 1 amide bonds. The second-order valence-electron chi connectivity index (χ2n) is 9.87. The molecular formula is C32H27F3N2O3S. The van der Waals surface area contributed by atoms with Crippen molar-refractivity contribution < 1.29 is 26.4 Å². The van der Waals surface area contributed by atoms with Crippen molar-refractivity contribution in [3.63, 3.8) is 0 Å². The monoisotopic (exact) mass is 576 g/mol. The number of halogens is 3. The van der Waals surface area contributed by atoms with E-state index in [1.165, 1.54) is 35.2 Å². The van der Waals surface area contributed by atoms with Crippen molar-refractivity contribution in [2.75, 3.05) is 11.4 Å². The number of anilines is 2. The molecular weight excluding hydrogens is 549 g/mol. The summed E-state index contributed by atoms with van der Waals surface area (Å²) >= 11 is 0. The van der Waals surface area contributed by atoms with E-state index in [1.807, 2.05) is 0 Å². The molecule has 0 unspecified atom stereocenters. The van der Waals surface area contributed by atoms with E-state index >= 15 is 0 Å². The normalized spacial score (nSPS) is 17.9. The summed E-state index contributed by atoms with van der Waals surface area (Å²) in [7, 11) is -4.33. The van der Waals surface area contributed by atoms with E-state index in [2.05, 4.69) is 6.58 Å². The SMILES string of the molecule is C=C1CN(S(=O)(=O)c2ccc(C)cc2)[C@@H](c2ccccc2C(F)(F)F)[C@@H]1C(=O)N(c1ccccc1)c1ccccc1. The number of aryl methyl sites for hydroxylation is 1. The number of benzene rings is 4. The van der Waals surface area contributed by atoms with Crippen LogP contribution < -0.4 is 4.90 Å². The average Bonchev–Trinajstić information content (AvgIpc) is 3.32. The molecule has 0 spiro atoms. The molecule has 1 saturated heterocycles. The number of carbonyl (C=O) groups is 1. The first-order valence-corrected chi connectivity index (χ1v) is 14.3. The number of sulfonamides is 1. The zero-order chi connectivity index (χ0) is 29.4. The van der Waals surface area contributed by atoms with Crippen LogP contribution in [0.4, 0.5) is 24.5 Å². The summed E-state index contributed by atoms with van der Waals surface area (Å²) in [4.78, 5) is 15.8. The van der Waals surface area contributed by atoms with E-state index < -0.39 is 39.6 Å². The molecule has 0 N–H and O–H groups in total. The fourth-order valence-electron chi connectivity index (χ4n) is 5.22. The summed E-state index contributed by atoms with van der Waals surface area (Å²) in [5, 5.41) is 0. The van der Waals surface area contributed by atoms with E-state index in [4.69, 9.17) is 0 Å². The molecule has 1 heterocycles. The van der Waals surface area contributed by atoms with Crippen LogP contribution in [0.5, 0.6) is 0 Å². The van der Waals surface area contributed by atoms with Crippen LogP contribution in [0.15, 0.2) is 126 Å². The van der Waals surface area contributed by atoms with E-state index in [-0.39, 0.29) is 22.6 Å². The summed E-state index contributed by atoms with van der Waals surface area (Å²) in [6, 6.07) is 26.7. The molecule has 0 radical (unpaired) electrons. The number of hydrogen-bond donors (Lipinski definition) is 0. The lowest BCUT2D eigenvalue weighted by Crippen LogP contribution is -2.39. The van der Waals surface area contributed by atoms with Crippen LogP contribution in [0.25, 0.3) is 0 Å². The molecule has 9 heteroatoms. The molecule has 1 aliphatic rings. The van der Waals surface area contributed by atoms with Crippen LogP contribution in [-0.4, -0.2) is 25.2 Å². The van der Waals surface area contributed by atoms with Crippen molar-refractivity contribution in [3.8, 4) is 0 Å². The maximum atomic E-state index is 14.5. The minimum Gasteiger partial charge on any atom is -0.280 e. The molecule has 0 bridgehead atoms. The third-order valence-corrected chi connectivity index (χ3v) is 8.99. The van der Waals surface area contributed by atoms with Crippen molar-refractivity contribution in [2.45, 2.75) is 24.0 Å². The molecule has 5 rings (SSSR count). The van der Waals surface area contributed by atoms with Crippen molar-refractivity contribution in [3.05, 3.63) is 138 Å². The number of nitrogens with zero attached hydrogens (tertiary/aromatic N) is 2. The van der Waals surface area contributed by atoms with Gasteiger partial charge in [-0.2, -0.15) is 17.5 Å². The van der Waals surface area contributed by atoms with E-state index in [9.17, 15) is 26.4 Å². The zero-order valence-corrected chi connectivity index (χ0v) is 22.9. The van der Waals surface area contributed by atoms with E-state index in [0.29, 0.717) is 11.4 Å². The quantitative estimate of drug-likeness (QED) is 0.227. The van der Waals surface area contributed by atoms with E-state index in [0.717, 1.165) is 15.9 Å². The number of alkyl halides is 3. The van der Waals surface area contributed by atoms with Gasteiger partial charge < -0.3 is 0 Å². The molecule has 210 valence electrons. The van der Waals surface area contributed by atoms with Crippen molar-refractivity contribution in [2.24, 2.45) is 5.92 Å². The Bertz CT molecular complexity index is 1630. The van der Waals surface area contributed by atoms with Gasteiger partial charge in [-0.25, -0.2) is 8.42 Å². The van der Waals surface area contributed by atoms with Gasteiger partial charge in [0.05, 0.1) is 22.4 Å². The highest BCUT2D eigenvalue weighted by Gasteiger charge is 2.51. The van der Waals surface area contributed by atoms with Gasteiger partial charge in [0.2, 0.25) is 15.9 Å². The number of rotatable bonds is 6. The Morgan fingerprint density at radius 3 is 1.88 bits per heavy atom.